The molecule has 2 aromatic carbocycles. The summed E-state index contributed by atoms with van der Waals surface area (Å²) in [5.74, 6) is -0.768. The van der Waals surface area contributed by atoms with Crippen molar-refractivity contribution in [2.45, 2.75) is 18.6 Å². The smallest absolute Gasteiger partial charge is 0.242 e. The third kappa shape index (κ3) is 4.87. The lowest BCUT2D eigenvalue weighted by atomic mass is 10.2. The topological polar surface area (TPSA) is 61.8 Å². The third-order valence-electron chi connectivity index (χ3n) is 3.89. The van der Waals surface area contributed by atoms with Crippen molar-refractivity contribution >= 4 is 51.7 Å². The lowest BCUT2D eigenvalue weighted by molar-refractivity contribution is -0.128. The molecular weight excluding hydrogens is 389 g/mol. The van der Waals surface area contributed by atoms with Crippen LogP contribution in [-0.4, -0.2) is 33.7 Å². The summed E-state index contributed by atoms with van der Waals surface area (Å²) in [7, 11) is 0. The summed E-state index contributed by atoms with van der Waals surface area (Å²) >= 11 is 7.07. The maximum absolute atomic E-state index is 13.0. The molecule has 0 aliphatic carbocycles. The Balaban J connectivity index is 1.69. The zero-order valence-corrected chi connectivity index (χ0v) is 16.1. The van der Waals surface area contributed by atoms with Crippen molar-refractivity contribution in [1.29, 1.82) is 0 Å². The average molecular weight is 406 g/mol. The number of halogens is 2. The number of rotatable bonds is 5. The number of hydrogen-bond donors (Lipinski definition) is 1. The molecule has 2 aromatic rings. The SMILES string of the molecule is CCN1C(=O)C(CC(=O)Nc2ccc(Cl)cc2)SC1=Nc1ccc(F)cc1. The number of benzene rings is 2. The highest BCUT2D eigenvalue weighted by Gasteiger charge is 2.38. The molecule has 27 heavy (non-hydrogen) atoms. The van der Waals surface area contributed by atoms with E-state index >= 15 is 0 Å². The van der Waals surface area contributed by atoms with Crippen LogP contribution in [0.5, 0.6) is 0 Å². The second kappa shape index (κ2) is 8.54. The average Bonchev–Trinajstić information content (AvgIpc) is 2.93. The molecule has 3 rings (SSSR count). The number of hydrogen-bond acceptors (Lipinski definition) is 4. The first kappa shape index (κ1) is 19.4. The van der Waals surface area contributed by atoms with Gasteiger partial charge in [0.05, 0.1) is 5.69 Å². The van der Waals surface area contributed by atoms with E-state index in [0.717, 1.165) is 0 Å². The Morgan fingerprint density at radius 1 is 1.22 bits per heavy atom. The molecule has 1 aliphatic rings. The molecule has 1 unspecified atom stereocenters. The van der Waals surface area contributed by atoms with Gasteiger partial charge in [-0.25, -0.2) is 9.38 Å². The van der Waals surface area contributed by atoms with Gasteiger partial charge >= 0.3 is 0 Å². The lowest BCUT2D eigenvalue weighted by Gasteiger charge is -2.13. The molecule has 0 aromatic heterocycles. The zero-order chi connectivity index (χ0) is 19.4. The molecule has 2 amide bonds. The van der Waals surface area contributed by atoms with Crippen LogP contribution in [0.3, 0.4) is 0 Å². The zero-order valence-electron chi connectivity index (χ0n) is 14.5. The van der Waals surface area contributed by atoms with Crippen molar-refractivity contribution in [2.75, 3.05) is 11.9 Å². The van der Waals surface area contributed by atoms with E-state index in [4.69, 9.17) is 11.6 Å². The van der Waals surface area contributed by atoms with Gasteiger partial charge in [-0.1, -0.05) is 23.4 Å². The Labute approximate surface area is 165 Å². The van der Waals surface area contributed by atoms with Crippen molar-refractivity contribution < 1.29 is 14.0 Å². The number of carbonyl (C=O) groups is 2. The summed E-state index contributed by atoms with van der Waals surface area (Å²) in [5, 5.41) is 3.30. The maximum Gasteiger partial charge on any atom is 0.242 e. The molecule has 0 saturated carbocycles. The Bertz CT molecular complexity index is 872. The van der Waals surface area contributed by atoms with Gasteiger partial charge in [0.15, 0.2) is 5.17 Å². The fraction of sp³-hybridized carbons (Fsp3) is 0.211. The van der Waals surface area contributed by atoms with E-state index in [0.29, 0.717) is 28.1 Å². The summed E-state index contributed by atoms with van der Waals surface area (Å²) in [4.78, 5) is 30.8. The molecule has 0 bridgehead atoms. The number of thioether (sulfide) groups is 1. The van der Waals surface area contributed by atoms with Crippen LogP contribution < -0.4 is 5.32 Å². The molecule has 140 valence electrons. The third-order valence-corrected chi connectivity index (χ3v) is 5.31. The molecule has 1 saturated heterocycles. The standard InChI is InChI=1S/C19H17ClFN3O2S/c1-2-24-18(26)16(11-17(25)22-14-7-3-12(20)4-8-14)27-19(24)23-15-9-5-13(21)6-10-15/h3-10,16H,2,11H2,1H3,(H,22,25). The van der Waals surface area contributed by atoms with Gasteiger partial charge in [-0.3, -0.25) is 14.5 Å². The number of amidine groups is 1. The Morgan fingerprint density at radius 3 is 2.52 bits per heavy atom. The van der Waals surface area contributed by atoms with Crippen LogP contribution in [-0.2, 0) is 9.59 Å². The summed E-state index contributed by atoms with van der Waals surface area (Å²) in [6.45, 7) is 2.29. The number of nitrogens with one attached hydrogen (secondary N) is 1. The van der Waals surface area contributed by atoms with E-state index < -0.39 is 5.25 Å². The van der Waals surface area contributed by atoms with E-state index in [2.05, 4.69) is 10.3 Å². The van der Waals surface area contributed by atoms with Crippen molar-refractivity contribution in [1.82, 2.24) is 4.90 Å². The fourth-order valence-corrected chi connectivity index (χ4v) is 3.90. The van der Waals surface area contributed by atoms with Crippen LogP contribution >= 0.6 is 23.4 Å². The Morgan fingerprint density at radius 2 is 1.89 bits per heavy atom. The molecule has 5 nitrogen and oxygen atoms in total. The minimum Gasteiger partial charge on any atom is -0.326 e. The van der Waals surface area contributed by atoms with Gasteiger partial charge in [-0.2, -0.15) is 0 Å². The predicted octanol–water partition coefficient (Wildman–Crippen LogP) is 4.46. The molecule has 0 radical (unpaired) electrons. The first-order valence-electron chi connectivity index (χ1n) is 8.34. The largest absolute Gasteiger partial charge is 0.326 e. The number of anilines is 1. The first-order valence-corrected chi connectivity index (χ1v) is 9.59. The number of carbonyl (C=O) groups excluding carboxylic acids is 2. The van der Waals surface area contributed by atoms with E-state index in [1.807, 2.05) is 6.92 Å². The van der Waals surface area contributed by atoms with Crippen LogP contribution in [0.15, 0.2) is 53.5 Å². The normalized spacial score (nSPS) is 18.2. The number of nitrogens with zero attached hydrogens (tertiary/aromatic N) is 2. The molecule has 8 heteroatoms. The van der Waals surface area contributed by atoms with Crippen LogP contribution in [0.2, 0.25) is 5.02 Å². The van der Waals surface area contributed by atoms with Gasteiger partial charge in [-0.15, -0.1) is 0 Å². The monoisotopic (exact) mass is 405 g/mol. The second-order valence-corrected chi connectivity index (χ2v) is 7.43. The first-order chi connectivity index (χ1) is 13.0. The quantitative estimate of drug-likeness (QED) is 0.798. The fourth-order valence-electron chi connectivity index (χ4n) is 2.56. The Hall–Kier alpha value is -2.38. The molecule has 1 aliphatic heterocycles. The van der Waals surface area contributed by atoms with Crippen molar-refractivity contribution in [2.24, 2.45) is 4.99 Å². The number of aliphatic imine (C=N–C) groups is 1. The van der Waals surface area contributed by atoms with Crippen LogP contribution in [0.25, 0.3) is 0 Å². The minimum absolute atomic E-state index is 0.0328. The van der Waals surface area contributed by atoms with Gasteiger partial charge in [0.25, 0.3) is 0 Å². The van der Waals surface area contributed by atoms with Crippen LogP contribution in [0, 0.1) is 5.82 Å². The summed E-state index contributed by atoms with van der Waals surface area (Å²) in [6, 6.07) is 12.5. The van der Waals surface area contributed by atoms with Gasteiger partial charge < -0.3 is 5.32 Å². The summed E-state index contributed by atoms with van der Waals surface area (Å²) in [6.07, 6.45) is 0.0328. The van der Waals surface area contributed by atoms with Crippen LogP contribution in [0.1, 0.15) is 13.3 Å². The van der Waals surface area contributed by atoms with Gasteiger partial charge in [-0.05, 0) is 55.5 Å². The summed E-state index contributed by atoms with van der Waals surface area (Å²) in [5.41, 5.74) is 1.17. The van der Waals surface area contributed by atoms with Gasteiger partial charge in [0, 0.05) is 23.7 Å². The van der Waals surface area contributed by atoms with Crippen molar-refractivity contribution in [3.63, 3.8) is 0 Å². The Kier molecular flexibility index (Phi) is 6.13. The van der Waals surface area contributed by atoms with Crippen LogP contribution in [0.4, 0.5) is 15.8 Å². The highest BCUT2D eigenvalue weighted by Crippen LogP contribution is 2.31. The predicted molar refractivity (Wildman–Crippen MR) is 107 cm³/mol. The summed E-state index contributed by atoms with van der Waals surface area (Å²) < 4.78 is 13.0. The molecule has 1 N–H and O–H groups in total. The highest BCUT2D eigenvalue weighted by atomic mass is 35.5. The van der Waals surface area contributed by atoms with Gasteiger partial charge in [0.1, 0.15) is 11.1 Å². The van der Waals surface area contributed by atoms with E-state index in [-0.39, 0.29) is 24.1 Å². The maximum atomic E-state index is 13.0. The molecule has 1 heterocycles. The molecular formula is C19H17ClFN3O2S. The van der Waals surface area contributed by atoms with Crippen molar-refractivity contribution in [3.05, 3.63) is 59.4 Å². The van der Waals surface area contributed by atoms with Crippen molar-refractivity contribution in [3.8, 4) is 0 Å². The van der Waals surface area contributed by atoms with E-state index in [1.54, 1.807) is 36.4 Å². The molecule has 0 spiro atoms. The van der Waals surface area contributed by atoms with E-state index in [1.165, 1.54) is 28.8 Å². The highest BCUT2D eigenvalue weighted by molar-refractivity contribution is 8.15. The second-order valence-electron chi connectivity index (χ2n) is 5.82. The number of amides is 2. The molecule has 1 fully saturated rings. The van der Waals surface area contributed by atoms with E-state index in [9.17, 15) is 14.0 Å². The van der Waals surface area contributed by atoms with Gasteiger partial charge in [0.2, 0.25) is 11.8 Å². The lowest BCUT2D eigenvalue weighted by Crippen LogP contribution is -2.33. The minimum atomic E-state index is -0.545. The molecule has 1 atom stereocenters.